The molecule has 0 saturated heterocycles. The first-order chi connectivity index (χ1) is 6.86. The van der Waals surface area contributed by atoms with Crippen LogP contribution in [0.15, 0.2) is 12.2 Å². The molecule has 0 heterocycles. The molecule has 82 valence electrons. The summed E-state index contributed by atoms with van der Waals surface area (Å²) < 4.78 is 11.0. The van der Waals surface area contributed by atoms with E-state index >= 15 is 0 Å². The predicted molar refractivity (Wildman–Crippen MR) is 57.2 cm³/mol. The molecule has 0 spiro atoms. The van der Waals surface area contributed by atoms with E-state index in [4.69, 9.17) is 15.2 Å². The van der Waals surface area contributed by atoms with Crippen molar-refractivity contribution in [3.8, 4) is 0 Å². The van der Waals surface area contributed by atoms with Crippen LogP contribution in [0, 0.1) is 0 Å². The van der Waals surface area contributed by atoms with Gasteiger partial charge in [-0.3, -0.25) is 0 Å². The van der Waals surface area contributed by atoms with Crippen LogP contribution in [-0.4, -0.2) is 32.5 Å². The molecule has 0 aliphatic heterocycles. The molecule has 0 bridgehead atoms. The molecule has 0 amide bonds. The van der Waals surface area contributed by atoms with Gasteiger partial charge in [0.25, 0.3) is 0 Å². The molecule has 0 aromatic rings. The van der Waals surface area contributed by atoms with Gasteiger partial charge in [-0.2, -0.15) is 0 Å². The Morgan fingerprint density at radius 3 is 2.79 bits per heavy atom. The zero-order valence-electron chi connectivity index (χ0n) is 8.95. The third kappa shape index (κ3) is 4.22. The van der Waals surface area contributed by atoms with Gasteiger partial charge in [0, 0.05) is 13.7 Å². The SMILES string of the molecule is COC1CCCC(OCC=CCN)C1. The number of rotatable bonds is 5. The minimum Gasteiger partial charge on any atom is -0.381 e. The maximum Gasteiger partial charge on any atom is 0.0651 e. The molecule has 1 fully saturated rings. The molecule has 3 nitrogen and oxygen atoms in total. The Bertz CT molecular complexity index is 171. The highest BCUT2D eigenvalue weighted by Gasteiger charge is 2.21. The zero-order valence-corrected chi connectivity index (χ0v) is 8.95. The third-order valence-electron chi connectivity index (χ3n) is 2.64. The van der Waals surface area contributed by atoms with Gasteiger partial charge in [-0.1, -0.05) is 12.2 Å². The van der Waals surface area contributed by atoms with Crippen LogP contribution in [0.25, 0.3) is 0 Å². The van der Waals surface area contributed by atoms with Gasteiger partial charge < -0.3 is 15.2 Å². The minimum absolute atomic E-state index is 0.371. The average Bonchev–Trinajstić information content (AvgIpc) is 2.25. The number of methoxy groups -OCH3 is 1. The van der Waals surface area contributed by atoms with E-state index in [0.29, 0.717) is 25.4 Å². The lowest BCUT2D eigenvalue weighted by Crippen LogP contribution is -2.27. The largest absolute Gasteiger partial charge is 0.381 e. The fourth-order valence-electron chi connectivity index (χ4n) is 1.82. The molecule has 1 saturated carbocycles. The van der Waals surface area contributed by atoms with Gasteiger partial charge in [0.05, 0.1) is 18.8 Å². The van der Waals surface area contributed by atoms with Crippen molar-refractivity contribution >= 4 is 0 Å². The van der Waals surface area contributed by atoms with Crippen LogP contribution < -0.4 is 5.73 Å². The van der Waals surface area contributed by atoms with Crippen molar-refractivity contribution in [2.24, 2.45) is 5.73 Å². The first-order valence-corrected chi connectivity index (χ1v) is 5.36. The Balaban J connectivity index is 2.14. The van der Waals surface area contributed by atoms with Crippen LogP contribution in [0.5, 0.6) is 0 Å². The van der Waals surface area contributed by atoms with Gasteiger partial charge >= 0.3 is 0 Å². The quantitative estimate of drug-likeness (QED) is 0.682. The van der Waals surface area contributed by atoms with Crippen LogP contribution in [-0.2, 0) is 9.47 Å². The van der Waals surface area contributed by atoms with Crippen molar-refractivity contribution in [3.63, 3.8) is 0 Å². The Hall–Kier alpha value is -0.380. The molecule has 1 aliphatic rings. The van der Waals surface area contributed by atoms with Gasteiger partial charge in [-0.25, -0.2) is 0 Å². The highest BCUT2D eigenvalue weighted by Crippen LogP contribution is 2.22. The molecule has 0 aromatic carbocycles. The summed E-state index contributed by atoms with van der Waals surface area (Å²) in [6, 6.07) is 0. The smallest absolute Gasteiger partial charge is 0.0651 e. The molecular weight excluding hydrogens is 178 g/mol. The summed E-state index contributed by atoms with van der Waals surface area (Å²) in [5.74, 6) is 0. The highest BCUT2D eigenvalue weighted by molar-refractivity contribution is 4.83. The average molecular weight is 199 g/mol. The molecule has 3 heteroatoms. The molecule has 1 rings (SSSR count). The summed E-state index contributed by atoms with van der Waals surface area (Å²) in [6.45, 7) is 1.27. The second-order valence-electron chi connectivity index (χ2n) is 3.69. The Labute approximate surface area is 86.3 Å². The molecule has 2 atom stereocenters. The molecular formula is C11H21NO2. The van der Waals surface area contributed by atoms with Crippen molar-refractivity contribution in [1.29, 1.82) is 0 Å². The Morgan fingerprint density at radius 1 is 1.29 bits per heavy atom. The number of hydrogen-bond acceptors (Lipinski definition) is 3. The molecule has 0 radical (unpaired) electrons. The lowest BCUT2D eigenvalue weighted by molar-refractivity contribution is -0.0204. The van der Waals surface area contributed by atoms with Crippen LogP contribution in [0.4, 0.5) is 0 Å². The topological polar surface area (TPSA) is 44.5 Å². The summed E-state index contributed by atoms with van der Waals surface area (Å²) in [6.07, 6.45) is 9.26. The van der Waals surface area contributed by atoms with Gasteiger partial charge in [0.15, 0.2) is 0 Å². The summed E-state index contributed by atoms with van der Waals surface area (Å²) in [5, 5.41) is 0. The van der Waals surface area contributed by atoms with Crippen molar-refractivity contribution in [1.82, 2.24) is 0 Å². The second kappa shape index (κ2) is 6.98. The van der Waals surface area contributed by atoms with E-state index in [9.17, 15) is 0 Å². The van der Waals surface area contributed by atoms with Crippen LogP contribution in [0.3, 0.4) is 0 Å². The third-order valence-corrected chi connectivity index (χ3v) is 2.64. The molecule has 2 unspecified atom stereocenters. The monoisotopic (exact) mass is 199 g/mol. The second-order valence-corrected chi connectivity index (χ2v) is 3.69. The van der Waals surface area contributed by atoms with Crippen molar-refractivity contribution in [2.45, 2.75) is 37.9 Å². The van der Waals surface area contributed by atoms with E-state index in [1.807, 2.05) is 12.2 Å². The molecule has 1 aliphatic carbocycles. The maximum atomic E-state index is 5.69. The van der Waals surface area contributed by atoms with Crippen LogP contribution >= 0.6 is 0 Å². The number of hydrogen-bond donors (Lipinski definition) is 1. The summed E-state index contributed by atoms with van der Waals surface area (Å²) >= 11 is 0. The van der Waals surface area contributed by atoms with E-state index in [-0.39, 0.29) is 0 Å². The predicted octanol–water partition coefficient (Wildman–Crippen LogP) is 1.48. The van der Waals surface area contributed by atoms with Gasteiger partial charge in [0.2, 0.25) is 0 Å². The molecule has 14 heavy (non-hydrogen) atoms. The highest BCUT2D eigenvalue weighted by atomic mass is 16.5. The maximum absolute atomic E-state index is 5.69. The summed E-state index contributed by atoms with van der Waals surface area (Å²) in [7, 11) is 1.78. The van der Waals surface area contributed by atoms with Crippen molar-refractivity contribution < 1.29 is 9.47 Å². The summed E-state index contributed by atoms with van der Waals surface area (Å²) in [5.41, 5.74) is 5.33. The standard InChI is InChI=1S/C11H21NO2/c1-13-10-5-4-6-11(9-10)14-8-3-2-7-12/h2-3,10-11H,4-9,12H2,1H3. The van der Waals surface area contributed by atoms with E-state index in [1.165, 1.54) is 12.8 Å². The Morgan fingerprint density at radius 2 is 2.07 bits per heavy atom. The van der Waals surface area contributed by atoms with Gasteiger partial charge in [-0.05, 0) is 25.7 Å². The Kier molecular flexibility index (Phi) is 5.83. The van der Waals surface area contributed by atoms with E-state index < -0.39 is 0 Å². The summed E-state index contributed by atoms with van der Waals surface area (Å²) in [4.78, 5) is 0. The lowest BCUT2D eigenvalue weighted by atomic mass is 9.95. The fourth-order valence-corrected chi connectivity index (χ4v) is 1.82. The van der Waals surface area contributed by atoms with Crippen molar-refractivity contribution in [3.05, 3.63) is 12.2 Å². The van der Waals surface area contributed by atoms with E-state index in [0.717, 1.165) is 12.8 Å². The van der Waals surface area contributed by atoms with E-state index in [1.54, 1.807) is 7.11 Å². The van der Waals surface area contributed by atoms with Crippen LogP contribution in [0.2, 0.25) is 0 Å². The van der Waals surface area contributed by atoms with Crippen molar-refractivity contribution in [2.75, 3.05) is 20.3 Å². The fraction of sp³-hybridized carbons (Fsp3) is 0.818. The minimum atomic E-state index is 0.371. The number of ether oxygens (including phenoxy) is 2. The molecule has 2 N–H and O–H groups in total. The van der Waals surface area contributed by atoms with Gasteiger partial charge in [-0.15, -0.1) is 0 Å². The normalized spacial score (nSPS) is 28.4. The first kappa shape index (κ1) is 11.7. The lowest BCUT2D eigenvalue weighted by Gasteiger charge is -2.27. The van der Waals surface area contributed by atoms with Crippen LogP contribution in [0.1, 0.15) is 25.7 Å². The number of nitrogens with two attached hydrogens (primary N) is 1. The zero-order chi connectivity index (χ0) is 10.2. The first-order valence-electron chi connectivity index (χ1n) is 5.36. The van der Waals surface area contributed by atoms with E-state index in [2.05, 4.69) is 0 Å². The molecule has 0 aromatic heterocycles. The van der Waals surface area contributed by atoms with Gasteiger partial charge in [0.1, 0.15) is 0 Å².